The van der Waals surface area contributed by atoms with Crippen LogP contribution in [0.3, 0.4) is 0 Å². The van der Waals surface area contributed by atoms with E-state index in [0.717, 1.165) is 38.4 Å². The molecule has 0 bridgehead atoms. The second-order valence-corrected chi connectivity index (χ2v) is 6.08. The molecule has 3 aliphatic rings. The fraction of sp³-hybridized carbons (Fsp3) is 0.929. The lowest BCUT2D eigenvalue weighted by atomic mass is 9.96. The Hall–Kier alpha value is -0.610. The second kappa shape index (κ2) is 5.57. The van der Waals surface area contributed by atoms with Gasteiger partial charge in [0.15, 0.2) is 0 Å². The van der Waals surface area contributed by atoms with Crippen LogP contribution in [0.25, 0.3) is 0 Å². The monoisotopic (exact) mass is 251 g/mol. The Labute approximate surface area is 110 Å². The number of fused-ring (bicyclic) bond motifs is 1. The van der Waals surface area contributed by atoms with E-state index in [-0.39, 0.29) is 0 Å². The third kappa shape index (κ3) is 2.69. The van der Waals surface area contributed by atoms with E-state index in [2.05, 4.69) is 15.1 Å². The smallest absolute Gasteiger partial charge is 0.222 e. The quantitative estimate of drug-likeness (QED) is 0.801. The number of carbonyl (C=O) groups is 1. The predicted molar refractivity (Wildman–Crippen MR) is 71.4 cm³/mol. The summed E-state index contributed by atoms with van der Waals surface area (Å²) in [5, 5.41) is 3.49. The lowest BCUT2D eigenvalue weighted by Crippen LogP contribution is -2.51. The van der Waals surface area contributed by atoms with Gasteiger partial charge in [0.25, 0.3) is 0 Å². The molecule has 3 heterocycles. The first-order valence-corrected chi connectivity index (χ1v) is 7.55. The van der Waals surface area contributed by atoms with Gasteiger partial charge in [0.05, 0.1) is 0 Å². The first-order chi connectivity index (χ1) is 8.83. The largest absolute Gasteiger partial charge is 0.337 e. The van der Waals surface area contributed by atoms with E-state index in [0.29, 0.717) is 11.9 Å². The maximum absolute atomic E-state index is 11.6. The number of carbonyl (C=O) groups excluding carboxylic acids is 1. The Balaban J connectivity index is 1.43. The Morgan fingerprint density at radius 1 is 1.28 bits per heavy atom. The Kier molecular flexibility index (Phi) is 3.85. The van der Waals surface area contributed by atoms with E-state index < -0.39 is 0 Å². The standard InChI is InChI=1S/C14H25N3O/c18-14-4-3-13-11-16(8-9-17(13)14)7-5-12-2-1-6-15-10-12/h12-13,15H,1-11H2. The minimum Gasteiger partial charge on any atom is -0.337 e. The topological polar surface area (TPSA) is 35.6 Å². The van der Waals surface area contributed by atoms with Crippen LogP contribution >= 0.6 is 0 Å². The third-order valence-corrected chi connectivity index (χ3v) is 4.83. The zero-order valence-electron chi connectivity index (χ0n) is 11.2. The van der Waals surface area contributed by atoms with E-state index in [4.69, 9.17) is 0 Å². The number of nitrogens with one attached hydrogen (secondary N) is 1. The molecule has 3 fully saturated rings. The molecule has 0 aromatic rings. The molecule has 18 heavy (non-hydrogen) atoms. The van der Waals surface area contributed by atoms with Crippen LogP contribution in [0.1, 0.15) is 32.1 Å². The maximum Gasteiger partial charge on any atom is 0.222 e. The summed E-state index contributed by atoms with van der Waals surface area (Å²) in [6.07, 6.45) is 5.93. The van der Waals surface area contributed by atoms with Crippen molar-refractivity contribution in [1.82, 2.24) is 15.1 Å². The van der Waals surface area contributed by atoms with Crippen LogP contribution < -0.4 is 5.32 Å². The van der Waals surface area contributed by atoms with Gasteiger partial charge in [0.2, 0.25) is 5.91 Å². The number of amides is 1. The van der Waals surface area contributed by atoms with E-state index in [9.17, 15) is 4.79 Å². The molecule has 1 N–H and O–H groups in total. The van der Waals surface area contributed by atoms with Gasteiger partial charge in [-0.05, 0) is 51.2 Å². The Morgan fingerprint density at radius 2 is 2.22 bits per heavy atom. The summed E-state index contributed by atoms with van der Waals surface area (Å²) in [5.41, 5.74) is 0. The lowest BCUT2D eigenvalue weighted by Gasteiger charge is -2.38. The summed E-state index contributed by atoms with van der Waals surface area (Å²) in [6.45, 7) is 6.81. The Bertz CT molecular complexity index is 301. The molecule has 0 saturated carbocycles. The summed E-state index contributed by atoms with van der Waals surface area (Å²) in [4.78, 5) is 16.3. The van der Waals surface area contributed by atoms with Crippen LogP contribution in [0.4, 0.5) is 0 Å². The molecule has 0 spiro atoms. The first-order valence-electron chi connectivity index (χ1n) is 7.55. The van der Waals surface area contributed by atoms with Gasteiger partial charge in [0.1, 0.15) is 0 Å². The van der Waals surface area contributed by atoms with E-state index in [1.807, 2.05) is 0 Å². The number of nitrogens with zero attached hydrogens (tertiary/aromatic N) is 2. The van der Waals surface area contributed by atoms with Gasteiger partial charge in [-0.1, -0.05) is 0 Å². The minimum absolute atomic E-state index is 0.385. The molecule has 3 saturated heterocycles. The predicted octanol–water partition coefficient (Wildman–Crippen LogP) is 0.683. The molecule has 3 aliphatic heterocycles. The van der Waals surface area contributed by atoms with Crippen LogP contribution in [0.5, 0.6) is 0 Å². The highest BCUT2D eigenvalue weighted by Crippen LogP contribution is 2.23. The molecule has 4 nitrogen and oxygen atoms in total. The molecular weight excluding hydrogens is 226 g/mol. The van der Waals surface area contributed by atoms with Crippen molar-refractivity contribution in [3.8, 4) is 0 Å². The molecule has 0 aromatic heterocycles. The highest BCUT2D eigenvalue weighted by atomic mass is 16.2. The fourth-order valence-electron chi connectivity index (χ4n) is 3.67. The van der Waals surface area contributed by atoms with Crippen molar-refractivity contribution < 1.29 is 4.79 Å². The summed E-state index contributed by atoms with van der Waals surface area (Å²) < 4.78 is 0. The molecule has 1 amide bonds. The van der Waals surface area contributed by atoms with Crippen molar-refractivity contribution in [1.29, 1.82) is 0 Å². The van der Waals surface area contributed by atoms with Crippen molar-refractivity contribution in [3.63, 3.8) is 0 Å². The van der Waals surface area contributed by atoms with E-state index in [1.165, 1.54) is 38.9 Å². The van der Waals surface area contributed by atoms with E-state index in [1.54, 1.807) is 0 Å². The van der Waals surface area contributed by atoms with Gasteiger partial charge >= 0.3 is 0 Å². The van der Waals surface area contributed by atoms with Gasteiger partial charge in [-0.2, -0.15) is 0 Å². The zero-order valence-corrected chi connectivity index (χ0v) is 11.2. The normalized spacial score (nSPS) is 33.8. The molecular formula is C14H25N3O. The molecule has 0 radical (unpaired) electrons. The number of hydrogen-bond donors (Lipinski definition) is 1. The van der Waals surface area contributed by atoms with Gasteiger partial charge in [-0.3, -0.25) is 9.69 Å². The van der Waals surface area contributed by atoms with Crippen molar-refractivity contribution in [2.45, 2.75) is 38.1 Å². The molecule has 102 valence electrons. The van der Waals surface area contributed by atoms with Gasteiger partial charge < -0.3 is 10.2 Å². The van der Waals surface area contributed by atoms with Crippen LogP contribution in [0.2, 0.25) is 0 Å². The number of piperidine rings is 1. The van der Waals surface area contributed by atoms with Crippen molar-refractivity contribution in [2.75, 3.05) is 39.3 Å². The zero-order chi connectivity index (χ0) is 12.4. The van der Waals surface area contributed by atoms with Crippen LogP contribution in [0.15, 0.2) is 0 Å². The van der Waals surface area contributed by atoms with Gasteiger partial charge in [0, 0.05) is 32.1 Å². The van der Waals surface area contributed by atoms with Crippen LogP contribution in [-0.2, 0) is 4.79 Å². The average Bonchev–Trinajstić information content (AvgIpc) is 2.79. The second-order valence-electron chi connectivity index (χ2n) is 6.08. The fourth-order valence-corrected chi connectivity index (χ4v) is 3.67. The molecule has 3 rings (SSSR count). The maximum atomic E-state index is 11.6. The van der Waals surface area contributed by atoms with Crippen molar-refractivity contribution in [3.05, 3.63) is 0 Å². The van der Waals surface area contributed by atoms with Gasteiger partial charge in [-0.25, -0.2) is 0 Å². The lowest BCUT2D eigenvalue weighted by molar-refractivity contribution is -0.130. The number of hydrogen-bond acceptors (Lipinski definition) is 3. The molecule has 0 aliphatic carbocycles. The molecule has 4 heteroatoms. The minimum atomic E-state index is 0.385. The summed E-state index contributed by atoms with van der Waals surface area (Å²) >= 11 is 0. The van der Waals surface area contributed by atoms with Gasteiger partial charge in [-0.15, -0.1) is 0 Å². The van der Waals surface area contributed by atoms with Crippen molar-refractivity contribution in [2.24, 2.45) is 5.92 Å². The highest BCUT2D eigenvalue weighted by Gasteiger charge is 2.35. The Morgan fingerprint density at radius 3 is 3.06 bits per heavy atom. The molecule has 0 aromatic carbocycles. The van der Waals surface area contributed by atoms with Crippen LogP contribution in [-0.4, -0.2) is 61.0 Å². The SMILES string of the molecule is O=C1CCC2CN(CCC3CCCNC3)CCN12. The summed E-state index contributed by atoms with van der Waals surface area (Å²) in [7, 11) is 0. The average molecular weight is 251 g/mol. The highest BCUT2D eigenvalue weighted by molar-refractivity contribution is 5.78. The number of rotatable bonds is 3. The summed E-state index contributed by atoms with van der Waals surface area (Å²) in [6, 6.07) is 0.524. The van der Waals surface area contributed by atoms with Crippen LogP contribution in [0, 0.1) is 5.92 Å². The number of piperazine rings is 1. The van der Waals surface area contributed by atoms with Crippen molar-refractivity contribution >= 4 is 5.91 Å². The molecule has 2 unspecified atom stereocenters. The third-order valence-electron chi connectivity index (χ3n) is 4.83. The van der Waals surface area contributed by atoms with E-state index >= 15 is 0 Å². The first kappa shape index (κ1) is 12.4. The molecule has 2 atom stereocenters. The summed E-state index contributed by atoms with van der Waals surface area (Å²) in [5.74, 6) is 1.26.